The summed E-state index contributed by atoms with van der Waals surface area (Å²) in [6.45, 7) is 0. The molecule has 0 N–H and O–H groups in total. The van der Waals surface area contributed by atoms with Crippen LogP contribution in [-0.4, -0.2) is 0 Å². The molecule has 3 rings (SSSR count). The molecule has 17 heavy (non-hydrogen) atoms. The molecule has 0 fully saturated rings. The van der Waals surface area contributed by atoms with Crippen LogP contribution in [0.4, 0.5) is 0 Å². The molecule has 82 valence electrons. The Morgan fingerprint density at radius 2 is 1.53 bits per heavy atom. The minimum atomic E-state index is 1.28. The first-order valence-electron chi connectivity index (χ1n) is 5.58. The van der Waals surface area contributed by atoms with Crippen molar-refractivity contribution in [2.45, 2.75) is 0 Å². The molecule has 1 heteroatoms. The molecule has 0 atom stereocenters. The third-order valence-electron chi connectivity index (χ3n) is 2.93. The van der Waals surface area contributed by atoms with Crippen LogP contribution in [0, 0.1) is 3.57 Å². The van der Waals surface area contributed by atoms with Crippen LogP contribution in [0.15, 0.2) is 66.7 Å². The topological polar surface area (TPSA) is 0 Å². The van der Waals surface area contributed by atoms with Crippen molar-refractivity contribution in [2.24, 2.45) is 0 Å². The summed E-state index contributed by atoms with van der Waals surface area (Å²) < 4.78 is 1.28. The number of hydrogen-bond acceptors (Lipinski definition) is 0. The Morgan fingerprint density at radius 1 is 0.706 bits per heavy atom. The monoisotopic (exact) mass is 330 g/mol. The van der Waals surface area contributed by atoms with E-state index >= 15 is 0 Å². The summed E-state index contributed by atoms with van der Waals surface area (Å²) in [5.74, 6) is 0. The van der Waals surface area contributed by atoms with Crippen molar-refractivity contribution in [2.75, 3.05) is 0 Å². The van der Waals surface area contributed by atoms with Crippen molar-refractivity contribution in [1.29, 1.82) is 0 Å². The number of rotatable bonds is 1. The molecule has 0 aromatic heterocycles. The lowest BCUT2D eigenvalue weighted by Crippen LogP contribution is -1.81. The van der Waals surface area contributed by atoms with Gasteiger partial charge in [0.2, 0.25) is 0 Å². The quantitative estimate of drug-likeness (QED) is 0.544. The van der Waals surface area contributed by atoms with Crippen LogP contribution in [0.5, 0.6) is 0 Å². The van der Waals surface area contributed by atoms with E-state index in [1.807, 2.05) is 0 Å². The van der Waals surface area contributed by atoms with Crippen LogP contribution in [0.1, 0.15) is 0 Å². The second-order valence-corrected chi connectivity index (χ2v) is 5.28. The second kappa shape index (κ2) is 4.49. The van der Waals surface area contributed by atoms with E-state index in [0.29, 0.717) is 0 Å². The Bertz CT molecular complexity index is 657. The lowest BCUT2D eigenvalue weighted by atomic mass is 9.98. The molecular formula is C16H11I. The number of halogens is 1. The van der Waals surface area contributed by atoms with E-state index in [2.05, 4.69) is 89.3 Å². The molecular weight excluding hydrogens is 319 g/mol. The van der Waals surface area contributed by atoms with E-state index in [0.717, 1.165) is 0 Å². The first-order valence-corrected chi connectivity index (χ1v) is 6.66. The molecule has 0 nitrogen and oxygen atoms in total. The predicted molar refractivity (Wildman–Crippen MR) is 82.1 cm³/mol. The van der Waals surface area contributed by atoms with E-state index in [-0.39, 0.29) is 0 Å². The van der Waals surface area contributed by atoms with E-state index < -0.39 is 0 Å². The van der Waals surface area contributed by atoms with Gasteiger partial charge in [0, 0.05) is 3.57 Å². The summed E-state index contributed by atoms with van der Waals surface area (Å²) in [5.41, 5.74) is 2.58. The van der Waals surface area contributed by atoms with Gasteiger partial charge in [-0.15, -0.1) is 0 Å². The molecule has 3 aromatic carbocycles. The summed E-state index contributed by atoms with van der Waals surface area (Å²) in [6, 6.07) is 23.6. The van der Waals surface area contributed by atoms with Crippen LogP contribution in [0.2, 0.25) is 0 Å². The smallest absolute Gasteiger partial charge is 0.0136 e. The van der Waals surface area contributed by atoms with Gasteiger partial charge in [0.25, 0.3) is 0 Å². The van der Waals surface area contributed by atoms with E-state index in [1.165, 1.54) is 25.5 Å². The molecule has 0 heterocycles. The molecule has 0 aliphatic carbocycles. The van der Waals surface area contributed by atoms with Crippen LogP contribution >= 0.6 is 22.6 Å². The minimum absolute atomic E-state index is 1.28. The second-order valence-electron chi connectivity index (χ2n) is 4.04. The fraction of sp³-hybridized carbons (Fsp3) is 0. The summed E-state index contributed by atoms with van der Waals surface area (Å²) in [7, 11) is 0. The SMILES string of the molecule is Ic1ccc2c(-c3ccccc3)cccc2c1. The van der Waals surface area contributed by atoms with E-state index in [1.54, 1.807) is 0 Å². The van der Waals surface area contributed by atoms with Gasteiger partial charge in [-0.25, -0.2) is 0 Å². The Hall–Kier alpha value is -1.35. The average molecular weight is 330 g/mol. The Labute approximate surface area is 114 Å². The molecule has 0 saturated heterocycles. The summed E-state index contributed by atoms with van der Waals surface area (Å²) >= 11 is 2.35. The van der Waals surface area contributed by atoms with Crippen molar-refractivity contribution in [3.63, 3.8) is 0 Å². The van der Waals surface area contributed by atoms with Gasteiger partial charge in [-0.2, -0.15) is 0 Å². The van der Waals surface area contributed by atoms with Gasteiger partial charge in [-0.05, 0) is 56.6 Å². The molecule has 0 unspecified atom stereocenters. The fourth-order valence-electron chi connectivity index (χ4n) is 2.12. The summed E-state index contributed by atoms with van der Waals surface area (Å²) in [5, 5.41) is 2.62. The molecule has 0 aliphatic heterocycles. The van der Waals surface area contributed by atoms with Gasteiger partial charge in [0.15, 0.2) is 0 Å². The van der Waals surface area contributed by atoms with Gasteiger partial charge < -0.3 is 0 Å². The molecule has 0 radical (unpaired) electrons. The number of hydrogen-bond donors (Lipinski definition) is 0. The summed E-state index contributed by atoms with van der Waals surface area (Å²) in [4.78, 5) is 0. The van der Waals surface area contributed by atoms with Gasteiger partial charge in [-0.1, -0.05) is 54.6 Å². The van der Waals surface area contributed by atoms with Crippen LogP contribution in [0.25, 0.3) is 21.9 Å². The van der Waals surface area contributed by atoms with Crippen LogP contribution < -0.4 is 0 Å². The fourth-order valence-corrected chi connectivity index (χ4v) is 2.64. The Morgan fingerprint density at radius 3 is 2.35 bits per heavy atom. The minimum Gasteiger partial charge on any atom is -0.0622 e. The maximum absolute atomic E-state index is 2.35. The van der Waals surface area contributed by atoms with Gasteiger partial charge in [0.05, 0.1) is 0 Å². The van der Waals surface area contributed by atoms with Gasteiger partial charge in [0.1, 0.15) is 0 Å². The maximum atomic E-state index is 2.35. The Kier molecular flexibility index (Phi) is 2.85. The third-order valence-corrected chi connectivity index (χ3v) is 3.60. The third kappa shape index (κ3) is 2.07. The highest BCUT2D eigenvalue weighted by atomic mass is 127. The molecule has 0 amide bonds. The highest BCUT2D eigenvalue weighted by molar-refractivity contribution is 14.1. The predicted octanol–water partition coefficient (Wildman–Crippen LogP) is 5.11. The van der Waals surface area contributed by atoms with Crippen molar-refractivity contribution in [3.8, 4) is 11.1 Å². The van der Waals surface area contributed by atoms with Crippen molar-refractivity contribution in [1.82, 2.24) is 0 Å². The van der Waals surface area contributed by atoms with Crippen molar-refractivity contribution >= 4 is 33.4 Å². The first-order chi connectivity index (χ1) is 8.34. The lowest BCUT2D eigenvalue weighted by Gasteiger charge is -2.07. The average Bonchev–Trinajstić information content (AvgIpc) is 2.39. The molecule has 3 aromatic rings. The van der Waals surface area contributed by atoms with Gasteiger partial charge in [-0.3, -0.25) is 0 Å². The Balaban J connectivity index is 2.31. The summed E-state index contributed by atoms with van der Waals surface area (Å²) in [6.07, 6.45) is 0. The van der Waals surface area contributed by atoms with Crippen molar-refractivity contribution in [3.05, 3.63) is 70.3 Å². The van der Waals surface area contributed by atoms with Crippen molar-refractivity contribution < 1.29 is 0 Å². The lowest BCUT2D eigenvalue weighted by molar-refractivity contribution is 1.64. The van der Waals surface area contributed by atoms with Crippen LogP contribution in [-0.2, 0) is 0 Å². The zero-order valence-electron chi connectivity index (χ0n) is 9.23. The molecule has 0 aliphatic rings. The van der Waals surface area contributed by atoms with Crippen LogP contribution in [0.3, 0.4) is 0 Å². The number of benzene rings is 3. The standard InChI is InChI=1S/C16H11I/c17-14-9-10-16-13(11-14)7-4-8-15(16)12-5-2-1-3-6-12/h1-11H. The highest BCUT2D eigenvalue weighted by Gasteiger charge is 2.02. The highest BCUT2D eigenvalue weighted by Crippen LogP contribution is 2.29. The molecule has 0 saturated carbocycles. The van der Waals surface area contributed by atoms with E-state index in [9.17, 15) is 0 Å². The largest absolute Gasteiger partial charge is 0.0622 e. The normalized spacial score (nSPS) is 10.6. The maximum Gasteiger partial charge on any atom is 0.0136 e. The number of fused-ring (bicyclic) bond motifs is 1. The molecule has 0 spiro atoms. The zero-order chi connectivity index (χ0) is 11.7. The first kappa shape index (κ1) is 10.8. The van der Waals surface area contributed by atoms with E-state index in [4.69, 9.17) is 0 Å². The van der Waals surface area contributed by atoms with Gasteiger partial charge >= 0.3 is 0 Å². The zero-order valence-corrected chi connectivity index (χ0v) is 11.4. The molecule has 0 bridgehead atoms.